The van der Waals surface area contributed by atoms with Gasteiger partial charge in [0, 0.05) is 18.7 Å². The summed E-state index contributed by atoms with van der Waals surface area (Å²) in [5.74, 6) is 0. The molecule has 0 aliphatic rings. The number of halogens is 4. The maximum absolute atomic E-state index is 11.8. The molecule has 0 atom stereocenters. The number of alkyl halides is 3. The van der Waals surface area contributed by atoms with Gasteiger partial charge in [0.05, 0.1) is 22.2 Å². The Bertz CT molecular complexity index is 454. The number of hydrogen-bond acceptors (Lipinski definition) is 4. The molecular formula is C10H10ClF3N2O3. The van der Waals surface area contributed by atoms with Gasteiger partial charge in [-0.2, -0.15) is 13.2 Å². The molecule has 5 nitrogen and oxygen atoms in total. The normalized spacial score (nSPS) is 11.4. The molecule has 0 aromatic heterocycles. The van der Waals surface area contributed by atoms with Crippen LogP contribution in [-0.4, -0.2) is 30.9 Å². The molecule has 9 heteroatoms. The van der Waals surface area contributed by atoms with Crippen LogP contribution < -0.4 is 5.32 Å². The van der Waals surface area contributed by atoms with Crippen LogP contribution in [0.25, 0.3) is 0 Å². The van der Waals surface area contributed by atoms with Crippen molar-refractivity contribution in [3.8, 4) is 0 Å². The summed E-state index contributed by atoms with van der Waals surface area (Å²) < 4.78 is 39.7. The predicted octanol–water partition coefficient (Wildman–Crippen LogP) is 3.24. The lowest BCUT2D eigenvalue weighted by Gasteiger charge is -2.10. The van der Waals surface area contributed by atoms with Gasteiger partial charge < -0.3 is 10.1 Å². The molecule has 1 rings (SSSR count). The second-order valence-corrected chi connectivity index (χ2v) is 3.92. The molecule has 0 spiro atoms. The Morgan fingerprint density at radius 1 is 1.42 bits per heavy atom. The first-order valence-electron chi connectivity index (χ1n) is 5.12. The lowest BCUT2D eigenvalue weighted by molar-refractivity contribution is -0.384. The first-order valence-corrected chi connectivity index (χ1v) is 5.50. The van der Waals surface area contributed by atoms with E-state index in [0.29, 0.717) is 5.69 Å². The quantitative estimate of drug-likeness (QED) is 0.497. The highest BCUT2D eigenvalue weighted by Crippen LogP contribution is 2.26. The van der Waals surface area contributed by atoms with Gasteiger partial charge >= 0.3 is 6.18 Å². The predicted molar refractivity (Wildman–Crippen MR) is 63.5 cm³/mol. The Hall–Kier alpha value is -1.54. The summed E-state index contributed by atoms with van der Waals surface area (Å²) in [4.78, 5) is 9.86. The van der Waals surface area contributed by atoms with E-state index in [2.05, 4.69) is 10.1 Å². The van der Waals surface area contributed by atoms with E-state index in [-0.39, 0.29) is 23.9 Å². The minimum Gasteiger partial charge on any atom is -0.382 e. The molecular weight excluding hydrogens is 289 g/mol. The zero-order valence-electron chi connectivity index (χ0n) is 9.54. The number of nitro groups is 1. The van der Waals surface area contributed by atoms with Crippen molar-refractivity contribution >= 4 is 23.0 Å². The summed E-state index contributed by atoms with van der Waals surface area (Å²) in [6.45, 7) is -1.37. The molecule has 0 radical (unpaired) electrons. The zero-order valence-corrected chi connectivity index (χ0v) is 10.3. The number of hydrogen-bond donors (Lipinski definition) is 1. The van der Waals surface area contributed by atoms with Crippen molar-refractivity contribution in [3.05, 3.63) is 33.3 Å². The lowest BCUT2D eigenvalue weighted by atomic mass is 10.3. The van der Waals surface area contributed by atoms with E-state index in [1.54, 1.807) is 0 Å². The summed E-state index contributed by atoms with van der Waals surface area (Å²) in [5, 5.41) is 13.3. The molecule has 0 bridgehead atoms. The molecule has 0 aliphatic heterocycles. The SMILES string of the molecule is O=[N+]([O-])c1ccc(NCCOCC(F)(F)F)c(Cl)c1. The molecule has 1 N–H and O–H groups in total. The van der Waals surface area contributed by atoms with Crippen LogP contribution in [0.4, 0.5) is 24.5 Å². The van der Waals surface area contributed by atoms with Crippen molar-refractivity contribution in [2.45, 2.75) is 6.18 Å². The van der Waals surface area contributed by atoms with Gasteiger partial charge in [-0.15, -0.1) is 0 Å². The van der Waals surface area contributed by atoms with Gasteiger partial charge in [0.1, 0.15) is 6.61 Å². The molecule has 19 heavy (non-hydrogen) atoms. The van der Waals surface area contributed by atoms with Crippen LogP contribution in [0, 0.1) is 10.1 Å². The Morgan fingerprint density at radius 3 is 2.63 bits per heavy atom. The van der Waals surface area contributed by atoms with E-state index in [0.717, 1.165) is 6.07 Å². The van der Waals surface area contributed by atoms with Gasteiger partial charge in [0.2, 0.25) is 0 Å². The maximum Gasteiger partial charge on any atom is 0.411 e. The van der Waals surface area contributed by atoms with Gasteiger partial charge in [-0.1, -0.05) is 11.6 Å². The minimum absolute atomic E-state index is 0.105. The summed E-state index contributed by atoms with van der Waals surface area (Å²) in [5.41, 5.74) is 0.228. The number of nitro benzene ring substituents is 1. The second kappa shape index (κ2) is 6.58. The number of benzene rings is 1. The molecule has 1 aromatic rings. The molecule has 0 heterocycles. The van der Waals surface area contributed by atoms with Crippen LogP contribution in [-0.2, 0) is 4.74 Å². The van der Waals surface area contributed by atoms with Crippen molar-refractivity contribution < 1.29 is 22.8 Å². The Morgan fingerprint density at radius 2 is 2.11 bits per heavy atom. The fourth-order valence-corrected chi connectivity index (χ4v) is 1.45. The van der Waals surface area contributed by atoms with E-state index in [1.807, 2.05) is 0 Å². The van der Waals surface area contributed by atoms with E-state index in [1.165, 1.54) is 12.1 Å². The fraction of sp³-hybridized carbons (Fsp3) is 0.400. The highest BCUT2D eigenvalue weighted by molar-refractivity contribution is 6.33. The highest BCUT2D eigenvalue weighted by atomic mass is 35.5. The Labute approximate surface area is 111 Å². The molecule has 0 fully saturated rings. The number of nitrogens with one attached hydrogen (secondary N) is 1. The average Bonchev–Trinajstić information content (AvgIpc) is 2.28. The van der Waals surface area contributed by atoms with Crippen molar-refractivity contribution in [3.63, 3.8) is 0 Å². The molecule has 0 amide bonds. The third-order valence-corrected chi connectivity index (χ3v) is 2.30. The largest absolute Gasteiger partial charge is 0.411 e. The molecule has 0 aliphatic carbocycles. The fourth-order valence-electron chi connectivity index (χ4n) is 1.21. The van der Waals surface area contributed by atoms with Gasteiger partial charge in [-0.3, -0.25) is 10.1 Å². The van der Waals surface area contributed by atoms with Crippen LogP contribution in [0.1, 0.15) is 0 Å². The van der Waals surface area contributed by atoms with E-state index < -0.39 is 17.7 Å². The third-order valence-electron chi connectivity index (χ3n) is 1.99. The Kier molecular flexibility index (Phi) is 5.37. The summed E-state index contributed by atoms with van der Waals surface area (Å²) >= 11 is 5.77. The second-order valence-electron chi connectivity index (χ2n) is 3.52. The van der Waals surface area contributed by atoms with Crippen molar-refractivity contribution in [2.75, 3.05) is 25.1 Å². The minimum atomic E-state index is -4.36. The van der Waals surface area contributed by atoms with Crippen molar-refractivity contribution in [1.82, 2.24) is 0 Å². The van der Waals surface area contributed by atoms with Gasteiger partial charge in [0.15, 0.2) is 0 Å². The van der Waals surface area contributed by atoms with Crippen LogP contribution in [0.2, 0.25) is 5.02 Å². The van der Waals surface area contributed by atoms with Crippen molar-refractivity contribution in [1.29, 1.82) is 0 Å². The maximum atomic E-state index is 11.8. The van der Waals surface area contributed by atoms with Gasteiger partial charge in [-0.25, -0.2) is 0 Å². The first kappa shape index (κ1) is 15.5. The standard InChI is InChI=1S/C10H10ClF3N2O3/c11-8-5-7(16(17)18)1-2-9(8)15-3-4-19-6-10(12,13)14/h1-2,5,15H,3-4,6H2. The number of anilines is 1. The van der Waals surface area contributed by atoms with Crippen molar-refractivity contribution in [2.24, 2.45) is 0 Å². The summed E-state index contributed by atoms with van der Waals surface area (Å²) in [6, 6.07) is 3.77. The topological polar surface area (TPSA) is 64.4 Å². The number of rotatable bonds is 6. The van der Waals surface area contributed by atoms with E-state index in [9.17, 15) is 23.3 Å². The third kappa shape index (κ3) is 5.75. The number of nitrogens with zero attached hydrogens (tertiary/aromatic N) is 1. The van der Waals surface area contributed by atoms with Crippen LogP contribution in [0.3, 0.4) is 0 Å². The zero-order chi connectivity index (χ0) is 14.5. The number of ether oxygens (including phenoxy) is 1. The van der Waals surface area contributed by atoms with Crippen LogP contribution >= 0.6 is 11.6 Å². The first-order chi connectivity index (χ1) is 8.79. The average molecular weight is 299 g/mol. The van der Waals surface area contributed by atoms with E-state index in [4.69, 9.17) is 11.6 Å². The van der Waals surface area contributed by atoms with Gasteiger partial charge in [0.25, 0.3) is 5.69 Å². The van der Waals surface area contributed by atoms with Crippen LogP contribution in [0.15, 0.2) is 18.2 Å². The monoisotopic (exact) mass is 298 g/mol. The van der Waals surface area contributed by atoms with E-state index >= 15 is 0 Å². The van der Waals surface area contributed by atoms with Gasteiger partial charge in [-0.05, 0) is 6.07 Å². The Balaban J connectivity index is 2.40. The molecule has 0 saturated carbocycles. The highest BCUT2D eigenvalue weighted by Gasteiger charge is 2.27. The molecule has 1 aromatic carbocycles. The lowest BCUT2D eigenvalue weighted by Crippen LogP contribution is -2.20. The molecule has 0 unspecified atom stereocenters. The summed E-state index contributed by atoms with van der Waals surface area (Å²) in [6.07, 6.45) is -4.36. The summed E-state index contributed by atoms with van der Waals surface area (Å²) in [7, 11) is 0. The molecule has 0 saturated heterocycles. The number of non-ortho nitro benzene ring substituents is 1. The van der Waals surface area contributed by atoms with Crippen LogP contribution in [0.5, 0.6) is 0 Å². The molecule has 106 valence electrons. The smallest absolute Gasteiger partial charge is 0.382 e.